The maximum absolute atomic E-state index is 13.6. The number of hydrogen-bond acceptors (Lipinski definition) is 4. The molecule has 0 radical (unpaired) electrons. The van der Waals surface area contributed by atoms with Crippen LogP contribution in [0.5, 0.6) is 0 Å². The Hall–Kier alpha value is -1.73. The highest BCUT2D eigenvalue weighted by molar-refractivity contribution is 5.85. The van der Waals surface area contributed by atoms with E-state index >= 15 is 0 Å². The molecular weight excluding hydrogens is 270 g/mol. The lowest BCUT2D eigenvalue weighted by Crippen LogP contribution is -2.27. The first-order valence-electron chi connectivity index (χ1n) is 6.01. The van der Waals surface area contributed by atoms with Crippen LogP contribution < -0.4 is 11.1 Å². The molecule has 0 bridgehead atoms. The number of halogens is 2. The van der Waals surface area contributed by atoms with Crippen molar-refractivity contribution >= 4 is 11.8 Å². The number of aliphatic hydroxyl groups is 1. The van der Waals surface area contributed by atoms with Gasteiger partial charge in [0.25, 0.3) is 0 Å². The summed E-state index contributed by atoms with van der Waals surface area (Å²) in [5, 5.41) is 11.6. The van der Waals surface area contributed by atoms with E-state index in [4.69, 9.17) is 10.5 Å². The highest BCUT2D eigenvalue weighted by Crippen LogP contribution is 2.24. The maximum Gasteiger partial charge on any atom is 0.412 e. The van der Waals surface area contributed by atoms with Crippen LogP contribution in [0.2, 0.25) is 0 Å². The molecule has 0 fully saturated rings. The minimum atomic E-state index is -1.23. The number of benzene rings is 1. The predicted molar refractivity (Wildman–Crippen MR) is 70.2 cm³/mol. The molecule has 0 saturated heterocycles. The highest BCUT2D eigenvalue weighted by Gasteiger charge is 2.20. The molecule has 0 aliphatic rings. The molecule has 4 N–H and O–H groups in total. The van der Waals surface area contributed by atoms with Gasteiger partial charge in [-0.05, 0) is 38.5 Å². The van der Waals surface area contributed by atoms with Gasteiger partial charge in [0.2, 0.25) is 0 Å². The van der Waals surface area contributed by atoms with Crippen molar-refractivity contribution in [2.45, 2.75) is 32.5 Å². The highest BCUT2D eigenvalue weighted by atomic mass is 19.2. The number of carbonyl (C=O) groups is 1. The van der Waals surface area contributed by atoms with E-state index in [2.05, 4.69) is 5.32 Å². The minimum absolute atomic E-state index is 0.0671. The molecule has 0 aromatic heterocycles. The summed E-state index contributed by atoms with van der Waals surface area (Å²) in [5.41, 5.74) is 4.13. The first-order chi connectivity index (χ1) is 9.14. The molecule has 0 aliphatic carbocycles. The summed E-state index contributed by atoms with van der Waals surface area (Å²) in [6.45, 7) is 4.76. The predicted octanol–water partition coefficient (Wildman–Crippen LogP) is 2.30. The molecule has 1 unspecified atom stereocenters. The molecule has 0 spiro atoms. The number of amides is 1. The van der Waals surface area contributed by atoms with Crippen molar-refractivity contribution in [1.82, 2.24) is 0 Å². The SMILES string of the molecule is CC(C)(C)OC(=O)Nc1cc(C(O)CN)cc(F)c1F. The van der Waals surface area contributed by atoms with Gasteiger partial charge in [-0.2, -0.15) is 0 Å². The number of nitrogens with one attached hydrogen (secondary N) is 1. The van der Waals surface area contributed by atoms with Crippen molar-refractivity contribution in [3.05, 3.63) is 29.3 Å². The second kappa shape index (κ2) is 6.15. The Morgan fingerprint density at radius 1 is 1.45 bits per heavy atom. The number of nitrogens with two attached hydrogens (primary N) is 1. The average Bonchev–Trinajstić information content (AvgIpc) is 2.31. The number of carbonyl (C=O) groups excluding carboxylic acids is 1. The Kier molecular flexibility index (Phi) is 5.02. The zero-order valence-electron chi connectivity index (χ0n) is 11.5. The van der Waals surface area contributed by atoms with Gasteiger partial charge in [0.1, 0.15) is 5.60 Å². The molecule has 0 heterocycles. The molecule has 5 nitrogen and oxygen atoms in total. The lowest BCUT2D eigenvalue weighted by molar-refractivity contribution is 0.0635. The summed E-state index contributed by atoms with van der Waals surface area (Å²) in [4.78, 5) is 11.5. The first kappa shape index (κ1) is 16.3. The number of anilines is 1. The molecule has 0 aliphatic heterocycles. The van der Waals surface area contributed by atoms with Crippen LogP contribution in [0.1, 0.15) is 32.4 Å². The van der Waals surface area contributed by atoms with E-state index in [1.165, 1.54) is 0 Å². The summed E-state index contributed by atoms with van der Waals surface area (Å²) < 4.78 is 31.9. The lowest BCUT2D eigenvalue weighted by atomic mass is 10.1. The molecule has 20 heavy (non-hydrogen) atoms. The summed E-state index contributed by atoms with van der Waals surface area (Å²) in [7, 11) is 0. The number of hydrogen-bond donors (Lipinski definition) is 3. The van der Waals surface area contributed by atoms with Crippen molar-refractivity contribution < 1.29 is 23.4 Å². The van der Waals surface area contributed by atoms with E-state index in [0.29, 0.717) is 0 Å². The molecule has 7 heteroatoms. The normalized spacial score (nSPS) is 12.9. The third-order valence-electron chi connectivity index (χ3n) is 2.29. The standard InChI is InChI=1S/C13H18F2N2O3/c1-13(2,3)20-12(19)17-9-5-7(10(18)6-16)4-8(14)11(9)15/h4-5,10,18H,6,16H2,1-3H3,(H,17,19). The second-order valence-electron chi connectivity index (χ2n) is 5.24. The Bertz CT molecular complexity index is 501. The van der Waals surface area contributed by atoms with Crippen LogP contribution in [0.25, 0.3) is 0 Å². The molecule has 1 aromatic rings. The molecule has 1 rings (SSSR count). The molecule has 1 aromatic carbocycles. The van der Waals surface area contributed by atoms with Crippen molar-refractivity contribution in [3.8, 4) is 0 Å². The number of aliphatic hydroxyl groups excluding tert-OH is 1. The van der Waals surface area contributed by atoms with Gasteiger partial charge >= 0.3 is 6.09 Å². The summed E-state index contributed by atoms with van der Waals surface area (Å²) >= 11 is 0. The zero-order valence-corrected chi connectivity index (χ0v) is 11.5. The van der Waals surface area contributed by atoms with Gasteiger partial charge in [0.05, 0.1) is 11.8 Å². The van der Waals surface area contributed by atoms with Gasteiger partial charge in [-0.1, -0.05) is 0 Å². The molecule has 1 atom stereocenters. The fourth-order valence-electron chi connectivity index (χ4n) is 1.44. The molecule has 1 amide bonds. The fourth-order valence-corrected chi connectivity index (χ4v) is 1.44. The van der Waals surface area contributed by atoms with E-state index in [0.717, 1.165) is 12.1 Å². The summed E-state index contributed by atoms with van der Waals surface area (Å²) in [6, 6.07) is 1.94. The quantitative estimate of drug-likeness (QED) is 0.796. The molecule has 0 saturated carbocycles. The van der Waals surface area contributed by atoms with Crippen LogP contribution in [0.3, 0.4) is 0 Å². The third-order valence-corrected chi connectivity index (χ3v) is 2.29. The van der Waals surface area contributed by atoms with Gasteiger partial charge in [0, 0.05) is 6.54 Å². The smallest absolute Gasteiger partial charge is 0.412 e. The van der Waals surface area contributed by atoms with E-state index in [9.17, 15) is 18.7 Å². The second-order valence-corrected chi connectivity index (χ2v) is 5.24. The van der Waals surface area contributed by atoms with Gasteiger partial charge < -0.3 is 15.6 Å². The Morgan fingerprint density at radius 3 is 2.55 bits per heavy atom. The average molecular weight is 288 g/mol. The number of rotatable bonds is 3. The topological polar surface area (TPSA) is 84.6 Å². The molecular formula is C13H18F2N2O3. The van der Waals surface area contributed by atoms with E-state index in [-0.39, 0.29) is 12.1 Å². The van der Waals surface area contributed by atoms with Crippen molar-refractivity contribution in [2.75, 3.05) is 11.9 Å². The third kappa shape index (κ3) is 4.43. The Morgan fingerprint density at radius 2 is 2.05 bits per heavy atom. The fraction of sp³-hybridized carbons (Fsp3) is 0.462. The van der Waals surface area contributed by atoms with Crippen molar-refractivity contribution in [3.63, 3.8) is 0 Å². The van der Waals surface area contributed by atoms with Crippen LogP contribution in [0.4, 0.5) is 19.3 Å². The summed E-state index contributed by atoms with van der Waals surface area (Å²) in [5.74, 6) is -2.43. The van der Waals surface area contributed by atoms with Gasteiger partial charge in [-0.15, -0.1) is 0 Å². The zero-order chi connectivity index (χ0) is 15.5. The van der Waals surface area contributed by atoms with E-state index in [1.54, 1.807) is 20.8 Å². The van der Waals surface area contributed by atoms with Crippen molar-refractivity contribution in [2.24, 2.45) is 5.73 Å². The first-order valence-corrected chi connectivity index (χ1v) is 6.01. The monoisotopic (exact) mass is 288 g/mol. The van der Waals surface area contributed by atoms with Gasteiger partial charge in [-0.3, -0.25) is 5.32 Å². The van der Waals surface area contributed by atoms with E-state index < -0.39 is 35.1 Å². The van der Waals surface area contributed by atoms with Crippen molar-refractivity contribution in [1.29, 1.82) is 0 Å². The van der Waals surface area contributed by atoms with Crippen LogP contribution in [-0.4, -0.2) is 23.3 Å². The largest absolute Gasteiger partial charge is 0.444 e. The maximum atomic E-state index is 13.6. The Labute approximate surface area is 115 Å². The van der Waals surface area contributed by atoms with Gasteiger partial charge in [0.15, 0.2) is 11.6 Å². The molecule has 112 valence electrons. The van der Waals surface area contributed by atoms with Crippen LogP contribution in [0.15, 0.2) is 12.1 Å². The van der Waals surface area contributed by atoms with Gasteiger partial charge in [-0.25, -0.2) is 13.6 Å². The Balaban J connectivity index is 3.00. The number of ether oxygens (including phenoxy) is 1. The minimum Gasteiger partial charge on any atom is -0.444 e. The van der Waals surface area contributed by atoms with Crippen LogP contribution in [0, 0.1) is 11.6 Å². The van der Waals surface area contributed by atoms with Crippen LogP contribution in [-0.2, 0) is 4.74 Å². The summed E-state index contributed by atoms with van der Waals surface area (Å²) in [6.07, 6.45) is -2.07. The van der Waals surface area contributed by atoms with Crippen LogP contribution >= 0.6 is 0 Å². The lowest BCUT2D eigenvalue weighted by Gasteiger charge is -2.20. The van der Waals surface area contributed by atoms with E-state index in [1.807, 2.05) is 0 Å².